The Morgan fingerprint density at radius 3 is 2.57 bits per heavy atom. The van der Waals surface area contributed by atoms with Crippen LogP contribution in [0.1, 0.15) is 42.6 Å². The van der Waals surface area contributed by atoms with Crippen LogP contribution < -0.4 is 10.6 Å². The summed E-state index contributed by atoms with van der Waals surface area (Å²) in [5, 5.41) is 5.54. The molecule has 0 aliphatic heterocycles. The molecule has 0 saturated carbocycles. The molecule has 23 heavy (non-hydrogen) atoms. The van der Waals surface area contributed by atoms with Gasteiger partial charge in [0, 0.05) is 30.8 Å². The summed E-state index contributed by atoms with van der Waals surface area (Å²) in [6.45, 7) is 4.18. The minimum Gasteiger partial charge on any atom is -0.352 e. The highest BCUT2D eigenvalue weighted by atomic mass is 32.2. The van der Waals surface area contributed by atoms with E-state index < -0.39 is 9.84 Å². The van der Waals surface area contributed by atoms with Crippen molar-refractivity contribution in [2.75, 3.05) is 12.0 Å². The molecule has 0 spiro atoms. The lowest BCUT2D eigenvalue weighted by atomic mass is 10.1. The van der Waals surface area contributed by atoms with Crippen LogP contribution in [0, 0.1) is 0 Å². The molecule has 1 atom stereocenters. The number of hydrogen-bond acceptors (Lipinski definition) is 4. The van der Waals surface area contributed by atoms with E-state index in [4.69, 9.17) is 0 Å². The first-order valence-electron chi connectivity index (χ1n) is 7.55. The maximum atomic E-state index is 12.1. The summed E-state index contributed by atoms with van der Waals surface area (Å²) < 4.78 is 22.0. The van der Waals surface area contributed by atoms with Crippen LogP contribution in [0.3, 0.4) is 0 Å². The lowest BCUT2D eigenvalue weighted by Gasteiger charge is -2.12. The van der Waals surface area contributed by atoms with E-state index in [0.29, 0.717) is 5.56 Å². The first-order chi connectivity index (χ1) is 10.7. The highest BCUT2D eigenvalue weighted by Gasteiger charge is 2.10. The minimum atomic E-state index is -3.15. The van der Waals surface area contributed by atoms with E-state index in [1.54, 1.807) is 24.3 Å². The van der Waals surface area contributed by atoms with Crippen LogP contribution in [0.2, 0.25) is 0 Å². The molecule has 2 amide bonds. The Morgan fingerprint density at radius 1 is 1.26 bits per heavy atom. The molecule has 0 radical (unpaired) electrons. The standard InChI is InChI=1S/C16H24N2O4S/c1-4-12(2)18-16(20)14-7-5-6-13(10-14)11-17-15(19)8-9-23(3,21)22/h5-7,10,12H,4,8-9,11H2,1-3H3,(H,17,19)(H,18,20). The van der Waals surface area contributed by atoms with Gasteiger partial charge in [0.25, 0.3) is 5.91 Å². The van der Waals surface area contributed by atoms with Gasteiger partial charge in [-0.2, -0.15) is 0 Å². The molecular formula is C16H24N2O4S. The van der Waals surface area contributed by atoms with Gasteiger partial charge in [0.2, 0.25) is 5.91 Å². The number of benzene rings is 1. The molecule has 6 nitrogen and oxygen atoms in total. The van der Waals surface area contributed by atoms with Gasteiger partial charge in [-0.25, -0.2) is 8.42 Å². The van der Waals surface area contributed by atoms with Gasteiger partial charge in [0.1, 0.15) is 9.84 Å². The van der Waals surface area contributed by atoms with Crippen molar-refractivity contribution in [1.29, 1.82) is 0 Å². The number of nitrogens with one attached hydrogen (secondary N) is 2. The summed E-state index contributed by atoms with van der Waals surface area (Å²) in [7, 11) is -3.15. The third-order valence-electron chi connectivity index (χ3n) is 3.37. The zero-order valence-electron chi connectivity index (χ0n) is 13.8. The van der Waals surface area contributed by atoms with E-state index in [9.17, 15) is 18.0 Å². The second-order valence-electron chi connectivity index (χ2n) is 5.64. The number of carbonyl (C=O) groups excluding carboxylic acids is 2. The number of carbonyl (C=O) groups is 2. The molecule has 7 heteroatoms. The average Bonchev–Trinajstić information content (AvgIpc) is 2.50. The van der Waals surface area contributed by atoms with Gasteiger partial charge >= 0.3 is 0 Å². The zero-order valence-corrected chi connectivity index (χ0v) is 14.6. The number of amides is 2. The molecule has 0 fully saturated rings. The van der Waals surface area contributed by atoms with Crippen LogP contribution in [0.15, 0.2) is 24.3 Å². The van der Waals surface area contributed by atoms with E-state index >= 15 is 0 Å². The average molecular weight is 340 g/mol. The fourth-order valence-electron chi connectivity index (χ4n) is 1.80. The first-order valence-corrected chi connectivity index (χ1v) is 9.61. The molecule has 1 unspecified atom stereocenters. The second-order valence-corrected chi connectivity index (χ2v) is 7.90. The largest absolute Gasteiger partial charge is 0.352 e. The smallest absolute Gasteiger partial charge is 0.251 e. The molecule has 0 heterocycles. The first kappa shape index (κ1) is 19.2. The van der Waals surface area contributed by atoms with Crippen LogP contribution in [-0.4, -0.2) is 38.3 Å². The van der Waals surface area contributed by atoms with Gasteiger partial charge in [-0.3, -0.25) is 9.59 Å². The summed E-state index contributed by atoms with van der Waals surface area (Å²) in [4.78, 5) is 23.7. The number of sulfone groups is 1. The second kappa shape index (κ2) is 8.67. The molecule has 1 aromatic rings. The quantitative estimate of drug-likeness (QED) is 0.745. The van der Waals surface area contributed by atoms with E-state index in [-0.39, 0.29) is 36.6 Å². The van der Waals surface area contributed by atoms with Gasteiger partial charge in [-0.1, -0.05) is 19.1 Å². The fraction of sp³-hybridized carbons (Fsp3) is 0.500. The predicted molar refractivity (Wildman–Crippen MR) is 89.8 cm³/mol. The summed E-state index contributed by atoms with van der Waals surface area (Å²) in [5.74, 6) is -0.648. The van der Waals surface area contributed by atoms with Crippen LogP contribution in [-0.2, 0) is 21.2 Å². The Balaban J connectivity index is 2.57. The monoisotopic (exact) mass is 340 g/mol. The molecule has 1 rings (SSSR count). The molecule has 0 saturated heterocycles. The van der Waals surface area contributed by atoms with Crippen LogP contribution in [0.4, 0.5) is 0 Å². The Bertz CT molecular complexity index is 656. The van der Waals surface area contributed by atoms with Crippen LogP contribution in [0.25, 0.3) is 0 Å². The van der Waals surface area contributed by atoms with Crippen molar-refractivity contribution >= 4 is 21.7 Å². The zero-order chi connectivity index (χ0) is 17.5. The molecule has 0 bridgehead atoms. The highest BCUT2D eigenvalue weighted by Crippen LogP contribution is 2.06. The van der Waals surface area contributed by atoms with Crippen molar-refractivity contribution in [1.82, 2.24) is 10.6 Å². The van der Waals surface area contributed by atoms with Crippen molar-refractivity contribution in [3.63, 3.8) is 0 Å². The Kier molecular flexibility index (Phi) is 7.22. The normalized spacial score (nSPS) is 12.5. The van der Waals surface area contributed by atoms with Crippen molar-refractivity contribution in [2.24, 2.45) is 0 Å². The van der Waals surface area contributed by atoms with Crippen molar-refractivity contribution in [3.05, 3.63) is 35.4 Å². The summed E-state index contributed by atoms with van der Waals surface area (Å²) in [6.07, 6.45) is 1.88. The van der Waals surface area contributed by atoms with Crippen molar-refractivity contribution in [2.45, 2.75) is 39.3 Å². The number of hydrogen-bond donors (Lipinski definition) is 2. The minimum absolute atomic E-state index is 0.0625. The molecule has 128 valence electrons. The van der Waals surface area contributed by atoms with Gasteiger partial charge in [0.05, 0.1) is 5.75 Å². The summed E-state index contributed by atoms with van der Waals surface area (Å²) in [5.41, 5.74) is 1.32. The van der Waals surface area contributed by atoms with E-state index in [1.165, 1.54) is 0 Å². The van der Waals surface area contributed by atoms with E-state index in [2.05, 4.69) is 10.6 Å². The van der Waals surface area contributed by atoms with E-state index in [1.807, 2.05) is 13.8 Å². The topological polar surface area (TPSA) is 92.3 Å². The summed E-state index contributed by atoms with van der Waals surface area (Å²) in [6, 6.07) is 7.09. The lowest BCUT2D eigenvalue weighted by Crippen LogP contribution is -2.32. The van der Waals surface area contributed by atoms with E-state index in [0.717, 1.165) is 18.2 Å². The summed E-state index contributed by atoms with van der Waals surface area (Å²) >= 11 is 0. The highest BCUT2D eigenvalue weighted by molar-refractivity contribution is 7.90. The Morgan fingerprint density at radius 2 is 1.96 bits per heavy atom. The molecule has 0 aromatic heterocycles. The molecule has 0 aliphatic rings. The maximum absolute atomic E-state index is 12.1. The molecule has 1 aromatic carbocycles. The maximum Gasteiger partial charge on any atom is 0.251 e. The molecule has 2 N–H and O–H groups in total. The molecular weight excluding hydrogens is 316 g/mol. The van der Waals surface area contributed by atoms with Crippen LogP contribution in [0.5, 0.6) is 0 Å². The van der Waals surface area contributed by atoms with Crippen molar-refractivity contribution < 1.29 is 18.0 Å². The Labute approximate surface area is 137 Å². The van der Waals surface area contributed by atoms with Gasteiger partial charge in [0.15, 0.2) is 0 Å². The lowest BCUT2D eigenvalue weighted by molar-refractivity contribution is -0.120. The Hall–Kier alpha value is -1.89. The predicted octanol–water partition coefficient (Wildman–Crippen LogP) is 1.27. The van der Waals surface area contributed by atoms with Crippen molar-refractivity contribution in [3.8, 4) is 0 Å². The fourth-order valence-corrected chi connectivity index (χ4v) is 2.36. The number of rotatable bonds is 8. The SMILES string of the molecule is CCC(C)NC(=O)c1cccc(CNC(=O)CCS(C)(=O)=O)c1. The molecule has 0 aliphatic carbocycles. The van der Waals surface area contributed by atoms with Gasteiger partial charge in [-0.05, 0) is 31.0 Å². The van der Waals surface area contributed by atoms with Crippen LogP contribution >= 0.6 is 0 Å². The van der Waals surface area contributed by atoms with Gasteiger partial charge in [-0.15, -0.1) is 0 Å². The third kappa shape index (κ3) is 7.78. The third-order valence-corrected chi connectivity index (χ3v) is 4.31. The van der Waals surface area contributed by atoms with Gasteiger partial charge < -0.3 is 10.6 Å².